The van der Waals surface area contributed by atoms with Crippen molar-refractivity contribution in [3.8, 4) is 0 Å². The van der Waals surface area contributed by atoms with E-state index in [1.807, 2.05) is 0 Å². The van der Waals surface area contributed by atoms with Gasteiger partial charge in [0.2, 0.25) is 0 Å². The first-order valence-corrected chi connectivity index (χ1v) is 14.5. The van der Waals surface area contributed by atoms with Crippen molar-refractivity contribution in [2.45, 2.75) is 109 Å². The number of rotatable bonds is 9. The lowest BCUT2D eigenvalue weighted by atomic mass is 9.68. The van der Waals surface area contributed by atoms with Crippen molar-refractivity contribution in [3.63, 3.8) is 0 Å². The molecule has 1 saturated heterocycles. The molecular weight excluding hydrogens is 430 g/mol. The van der Waals surface area contributed by atoms with Crippen LogP contribution in [0, 0.1) is 41.4 Å². The van der Waals surface area contributed by atoms with Crippen molar-refractivity contribution < 1.29 is 18.3 Å². The minimum Gasteiger partial charge on any atom is -0.352 e. The fourth-order valence-electron chi connectivity index (χ4n) is 7.62. The third kappa shape index (κ3) is 7.63. The van der Waals surface area contributed by atoms with Gasteiger partial charge in [-0.3, -0.25) is 0 Å². The minimum absolute atomic E-state index is 0.00630. The largest absolute Gasteiger partial charge is 0.352 e. The monoisotopic (exact) mass is 478 g/mol. The fraction of sp³-hybridized carbons (Fsp3) is 0.867. The van der Waals surface area contributed by atoms with Gasteiger partial charge in [0.05, 0.1) is 13.2 Å². The van der Waals surface area contributed by atoms with E-state index in [0.717, 1.165) is 62.7 Å². The summed E-state index contributed by atoms with van der Waals surface area (Å²) in [4.78, 5) is 0. The molecule has 0 spiro atoms. The van der Waals surface area contributed by atoms with Gasteiger partial charge in [-0.05, 0) is 119 Å². The molecule has 0 aromatic rings. The van der Waals surface area contributed by atoms with E-state index in [-0.39, 0.29) is 6.29 Å². The average molecular weight is 479 g/mol. The molecule has 3 aliphatic carbocycles. The summed E-state index contributed by atoms with van der Waals surface area (Å²) in [5.41, 5.74) is 0. The Balaban J connectivity index is 1.10. The van der Waals surface area contributed by atoms with Crippen LogP contribution in [0.25, 0.3) is 0 Å². The molecule has 4 heteroatoms. The van der Waals surface area contributed by atoms with Crippen molar-refractivity contribution in [3.05, 3.63) is 24.8 Å². The molecule has 4 rings (SSSR count). The zero-order valence-corrected chi connectivity index (χ0v) is 21.3. The molecule has 194 valence electrons. The number of unbranched alkanes of at least 4 members (excludes halogenated alkanes) is 1. The predicted octanol–water partition coefficient (Wildman–Crippen LogP) is 8.92. The van der Waals surface area contributed by atoms with Crippen molar-refractivity contribution >= 4 is 0 Å². The highest BCUT2D eigenvalue weighted by molar-refractivity contribution is 4.88. The van der Waals surface area contributed by atoms with Crippen LogP contribution in [0.4, 0.5) is 8.78 Å². The van der Waals surface area contributed by atoms with E-state index in [1.165, 1.54) is 70.6 Å². The third-order valence-corrected chi connectivity index (χ3v) is 9.89. The molecule has 4 aliphatic rings. The number of ether oxygens (including phenoxy) is 2. The molecule has 4 fully saturated rings. The lowest BCUT2D eigenvalue weighted by Gasteiger charge is -2.42. The van der Waals surface area contributed by atoms with Crippen LogP contribution in [0.15, 0.2) is 24.8 Å². The van der Waals surface area contributed by atoms with Crippen molar-refractivity contribution in [1.82, 2.24) is 0 Å². The van der Waals surface area contributed by atoms with E-state index in [9.17, 15) is 8.78 Å². The second-order valence-electron chi connectivity index (χ2n) is 12.0. The molecule has 0 N–H and O–H groups in total. The van der Waals surface area contributed by atoms with Crippen LogP contribution in [0.2, 0.25) is 0 Å². The maximum Gasteiger partial charge on any atom is 0.266 e. The second-order valence-corrected chi connectivity index (χ2v) is 12.0. The van der Waals surface area contributed by atoms with Crippen LogP contribution in [-0.4, -0.2) is 19.5 Å². The number of halogens is 2. The topological polar surface area (TPSA) is 18.5 Å². The summed E-state index contributed by atoms with van der Waals surface area (Å²) >= 11 is 0. The van der Waals surface area contributed by atoms with Crippen molar-refractivity contribution in [2.75, 3.05) is 13.2 Å². The highest BCUT2D eigenvalue weighted by Crippen LogP contribution is 2.44. The standard InChI is InChI=1S/C30H48F2O2/c1-2-3-4-5-22-6-11-24(12-7-22)25-15-17-27(18-16-25)30-33-20-28(21-34-30)26-13-8-23(9-14-26)10-19-29(31)32/h2,19,22-28,30H,1,3-18,20-21H2. The zero-order chi connectivity index (χ0) is 23.8. The Morgan fingerprint density at radius 2 is 1.18 bits per heavy atom. The Morgan fingerprint density at radius 1 is 0.676 bits per heavy atom. The smallest absolute Gasteiger partial charge is 0.266 e. The Bertz CT molecular complexity index is 614. The molecule has 0 bridgehead atoms. The first-order valence-electron chi connectivity index (χ1n) is 14.5. The molecular formula is C30H48F2O2. The summed E-state index contributed by atoms with van der Waals surface area (Å²) in [5.74, 6) is 4.99. The third-order valence-electron chi connectivity index (χ3n) is 9.89. The lowest BCUT2D eigenvalue weighted by Crippen LogP contribution is -2.41. The quantitative estimate of drug-likeness (QED) is 0.243. The summed E-state index contributed by atoms with van der Waals surface area (Å²) in [6.07, 6.45) is 21.5. The molecule has 0 aromatic carbocycles. The van der Waals surface area contributed by atoms with Crippen LogP contribution >= 0.6 is 0 Å². The van der Waals surface area contributed by atoms with Gasteiger partial charge in [0.1, 0.15) is 0 Å². The summed E-state index contributed by atoms with van der Waals surface area (Å²) in [7, 11) is 0. The fourth-order valence-corrected chi connectivity index (χ4v) is 7.62. The van der Waals surface area contributed by atoms with E-state index in [4.69, 9.17) is 9.47 Å². The highest BCUT2D eigenvalue weighted by Gasteiger charge is 2.37. The molecule has 0 aromatic heterocycles. The van der Waals surface area contributed by atoms with E-state index >= 15 is 0 Å². The van der Waals surface area contributed by atoms with Gasteiger partial charge in [0, 0.05) is 11.8 Å². The molecule has 0 amide bonds. The Morgan fingerprint density at radius 3 is 1.74 bits per heavy atom. The second kappa shape index (κ2) is 13.5. The number of allylic oxidation sites excluding steroid dienone is 2. The van der Waals surface area contributed by atoms with Crippen LogP contribution in [-0.2, 0) is 9.47 Å². The molecule has 1 aliphatic heterocycles. The molecule has 2 nitrogen and oxygen atoms in total. The summed E-state index contributed by atoms with van der Waals surface area (Å²) in [6, 6.07) is 0. The maximum absolute atomic E-state index is 12.4. The predicted molar refractivity (Wildman–Crippen MR) is 134 cm³/mol. The normalized spacial score (nSPS) is 39.4. The van der Waals surface area contributed by atoms with Gasteiger partial charge >= 0.3 is 0 Å². The van der Waals surface area contributed by atoms with Gasteiger partial charge in [-0.15, -0.1) is 6.58 Å². The van der Waals surface area contributed by atoms with E-state index < -0.39 is 6.08 Å². The SMILES string of the molecule is C=CCCCC1CCC(C2CCC(C3OCC(C4CCC(CC=C(F)F)CC4)CO3)CC2)CC1. The van der Waals surface area contributed by atoms with Gasteiger partial charge in [-0.25, -0.2) is 0 Å². The van der Waals surface area contributed by atoms with E-state index in [1.54, 1.807) is 0 Å². The Labute approximate surface area is 206 Å². The molecule has 34 heavy (non-hydrogen) atoms. The van der Waals surface area contributed by atoms with Gasteiger partial charge in [-0.1, -0.05) is 25.3 Å². The molecule has 0 radical (unpaired) electrons. The molecule has 3 saturated carbocycles. The number of hydrogen-bond acceptors (Lipinski definition) is 2. The molecule has 0 unspecified atom stereocenters. The van der Waals surface area contributed by atoms with Crippen LogP contribution in [0.1, 0.15) is 103 Å². The van der Waals surface area contributed by atoms with Gasteiger partial charge < -0.3 is 9.47 Å². The maximum atomic E-state index is 12.4. The summed E-state index contributed by atoms with van der Waals surface area (Å²) in [5, 5.41) is 0. The summed E-state index contributed by atoms with van der Waals surface area (Å²) < 4.78 is 37.3. The van der Waals surface area contributed by atoms with Gasteiger partial charge in [0.25, 0.3) is 6.08 Å². The first-order chi connectivity index (χ1) is 16.6. The van der Waals surface area contributed by atoms with Crippen molar-refractivity contribution in [1.29, 1.82) is 0 Å². The lowest BCUT2D eigenvalue weighted by molar-refractivity contribution is -0.237. The molecule has 0 atom stereocenters. The van der Waals surface area contributed by atoms with Gasteiger partial charge in [-0.2, -0.15) is 8.78 Å². The van der Waals surface area contributed by atoms with Crippen LogP contribution in [0.3, 0.4) is 0 Å². The van der Waals surface area contributed by atoms with Crippen LogP contribution in [0.5, 0.6) is 0 Å². The van der Waals surface area contributed by atoms with Crippen molar-refractivity contribution in [2.24, 2.45) is 41.4 Å². The minimum atomic E-state index is -1.53. The zero-order valence-electron chi connectivity index (χ0n) is 21.3. The number of hydrogen-bond donors (Lipinski definition) is 0. The van der Waals surface area contributed by atoms with Gasteiger partial charge in [0.15, 0.2) is 6.29 Å². The average Bonchev–Trinajstić information content (AvgIpc) is 2.89. The van der Waals surface area contributed by atoms with Crippen LogP contribution < -0.4 is 0 Å². The first kappa shape index (κ1) is 26.3. The Hall–Kier alpha value is -0.740. The Kier molecular flexibility index (Phi) is 10.5. The summed E-state index contributed by atoms with van der Waals surface area (Å²) in [6.45, 7) is 5.51. The highest BCUT2D eigenvalue weighted by atomic mass is 19.3. The van der Waals surface area contributed by atoms with E-state index in [0.29, 0.717) is 30.1 Å². The molecule has 1 heterocycles. The van der Waals surface area contributed by atoms with E-state index in [2.05, 4.69) is 12.7 Å².